The first kappa shape index (κ1) is 17.6. The number of carbonyl (C=O) groups is 1. The molecule has 3 heterocycles. The summed E-state index contributed by atoms with van der Waals surface area (Å²) in [6.45, 7) is 0. The van der Waals surface area contributed by atoms with Crippen molar-refractivity contribution in [3.05, 3.63) is 59.4 Å². The highest BCUT2D eigenvalue weighted by Gasteiger charge is 2.19. The van der Waals surface area contributed by atoms with Crippen molar-refractivity contribution in [3.8, 4) is 0 Å². The molecule has 1 N–H and O–H groups in total. The van der Waals surface area contributed by atoms with Crippen molar-refractivity contribution in [1.29, 1.82) is 0 Å². The Morgan fingerprint density at radius 2 is 2.07 bits per heavy atom. The number of aromatic nitrogens is 3. The molecule has 3 aromatic rings. The summed E-state index contributed by atoms with van der Waals surface area (Å²) in [5.41, 5.74) is 3.09. The Morgan fingerprint density at radius 1 is 1.26 bits per heavy atom. The molecule has 1 aliphatic carbocycles. The normalized spacial score (nSPS) is 15.2. The Balaban J connectivity index is 1.65. The van der Waals surface area contributed by atoms with Gasteiger partial charge in [-0.15, -0.1) is 0 Å². The Labute approximate surface area is 157 Å². The summed E-state index contributed by atoms with van der Waals surface area (Å²) in [5, 5.41) is 4.13. The zero-order valence-corrected chi connectivity index (χ0v) is 15.4. The summed E-state index contributed by atoms with van der Waals surface area (Å²) in [6.07, 6.45) is 9.68. The molecule has 3 aromatic heterocycles. The third-order valence-electron chi connectivity index (χ3n) is 5.28. The van der Waals surface area contributed by atoms with Crippen LogP contribution in [0.25, 0.3) is 11.0 Å². The van der Waals surface area contributed by atoms with Crippen LogP contribution in [0, 0.1) is 5.95 Å². The van der Waals surface area contributed by atoms with Crippen molar-refractivity contribution in [2.24, 2.45) is 7.05 Å². The van der Waals surface area contributed by atoms with E-state index in [-0.39, 0.29) is 11.9 Å². The average Bonchev–Trinajstić information content (AvgIpc) is 3.06. The lowest BCUT2D eigenvalue weighted by Crippen LogP contribution is -2.36. The number of pyridine rings is 2. The Bertz CT molecular complexity index is 958. The number of halogens is 1. The van der Waals surface area contributed by atoms with E-state index in [9.17, 15) is 9.18 Å². The molecule has 27 heavy (non-hydrogen) atoms. The monoisotopic (exact) mass is 366 g/mol. The summed E-state index contributed by atoms with van der Waals surface area (Å²) >= 11 is 0. The summed E-state index contributed by atoms with van der Waals surface area (Å²) in [5.74, 6) is -0.616. The molecule has 4 rings (SSSR count). The van der Waals surface area contributed by atoms with Crippen LogP contribution in [0.1, 0.15) is 53.7 Å². The van der Waals surface area contributed by atoms with Gasteiger partial charge in [-0.1, -0.05) is 25.3 Å². The van der Waals surface area contributed by atoms with Crippen LogP contribution in [0.4, 0.5) is 4.39 Å². The van der Waals surface area contributed by atoms with Gasteiger partial charge in [-0.3, -0.25) is 4.79 Å². The van der Waals surface area contributed by atoms with Gasteiger partial charge in [0.05, 0.1) is 0 Å². The predicted molar refractivity (Wildman–Crippen MR) is 102 cm³/mol. The molecule has 1 amide bonds. The van der Waals surface area contributed by atoms with Gasteiger partial charge in [0.15, 0.2) is 0 Å². The molecule has 0 radical (unpaired) electrons. The number of amides is 1. The maximum Gasteiger partial charge on any atom is 0.270 e. The Hall–Kier alpha value is -2.76. The molecule has 0 unspecified atom stereocenters. The van der Waals surface area contributed by atoms with E-state index in [4.69, 9.17) is 0 Å². The van der Waals surface area contributed by atoms with Crippen LogP contribution in [-0.4, -0.2) is 26.5 Å². The van der Waals surface area contributed by atoms with Gasteiger partial charge in [0, 0.05) is 30.9 Å². The lowest BCUT2D eigenvalue weighted by Gasteiger charge is -2.22. The fourth-order valence-corrected chi connectivity index (χ4v) is 3.80. The first-order valence-corrected chi connectivity index (χ1v) is 9.46. The van der Waals surface area contributed by atoms with E-state index >= 15 is 0 Å². The molecule has 0 saturated heterocycles. The quantitative estimate of drug-likeness (QED) is 0.715. The number of nitrogens with one attached hydrogen (secondary N) is 1. The third kappa shape index (κ3) is 3.84. The summed E-state index contributed by atoms with van der Waals surface area (Å²) in [7, 11) is 1.92. The standard InChI is InChI=1S/C21H23FN4O/c1-26-10-9-17-15(11-14-7-8-19(22)23-13-14)12-18(25-20(17)26)21(27)24-16-5-3-2-4-6-16/h7-10,12-13,16H,2-6,11H2,1H3,(H,24,27). The van der Waals surface area contributed by atoms with Crippen molar-refractivity contribution in [1.82, 2.24) is 19.9 Å². The van der Waals surface area contributed by atoms with Crippen LogP contribution in [0.5, 0.6) is 0 Å². The van der Waals surface area contributed by atoms with E-state index in [1.54, 1.807) is 6.07 Å². The fourth-order valence-electron chi connectivity index (χ4n) is 3.80. The molecular weight excluding hydrogens is 343 g/mol. The van der Waals surface area contributed by atoms with E-state index < -0.39 is 5.95 Å². The highest BCUT2D eigenvalue weighted by atomic mass is 19.1. The second-order valence-electron chi connectivity index (χ2n) is 7.30. The van der Waals surface area contributed by atoms with Gasteiger partial charge < -0.3 is 9.88 Å². The first-order chi connectivity index (χ1) is 13.1. The molecule has 0 spiro atoms. The van der Waals surface area contributed by atoms with Crippen LogP contribution in [-0.2, 0) is 13.5 Å². The topological polar surface area (TPSA) is 59.8 Å². The third-order valence-corrected chi connectivity index (χ3v) is 5.28. The highest BCUT2D eigenvalue weighted by molar-refractivity contribution is 5.95. The Morgan fingerprint density at radius 3 is 2.81 bits per heavy atom. The van der Waals surface area contributed by atoms with Crippen molar-refractivity contribution < 1.29 is 9.18 Å². The van der Waals surface area contributed by atoms with Crippen LogP contribution in [0.15, 0.2) is 36.7 Å². The van der Waals surface area contributed by atoms with Gasteiger partial charge in [-0.25, -0.2) is 9.97 Å². The maximum atomic E-state index is 13.1. The summed E-state index contributed by atoms with van der Waals surface area (Å²) in [6, 6.07) is 7.16. The zero-order valence-electron chi connectivity index (χ0n) is 15.4. The van der Waals surface area contributed by atoms with Crippen LogP contribution in [0.2, 0.25) is 0 Å². The molecule has 1 aliphatic rings. The number of hydrogen-bond donors (Lipinski definition) is 1. The van der Waals surface area contributed by atoms with Gasteiger partial charge in [-0.05, 0) is 48.6 Å². The lowest BCUT2D eigenvalue weighted by molar-refractivity contribution is 0.0923. The van der Waals surface area contributed by atoms with E-state index in [1.807, 2.05) is 29.9 Å². The van der Waals surface area contributed by atoms with Gasteiger partial charge in [0.1, 0.15) is 11.3 Å². The molecule has 5 nitrogen and oxygen atoms in total. The predicted octanol–water partition coefficient (Wildman–Crippen LogP) is 3.76. The second kappa shape index (κ2) is 7.47. The molecule has 1 fully saturated rings. The first-order valence-electron chi connectivity index (χ1n) is 9.46. The minimum atomic E-state index is -0.495. The van der Waals surface area contributed by atoms with E-state index in [0.717, 1.165) is 47.8 Å². The van der Waals surface area contributed by atoms with Crippen molar-refractivity contribution in [3.63, 3.8) is 0 Å². The van der Waals surface area contributed by atoms with Crippen LogP contribution < -0.4 is 5.32 Å². The molecule has 140 valence electrons. The summed E-state index contributed by atoms with van der Waals surface area (Å²) in [4.78, 5) is 21.1. The molecular formula is C21H23FN4O. The van der Waals surface area contributed by atoms with Gasteiger partial charge in [0.25, 0.3) is 5.91 Å². The van der Waals surface area contributed by atoms with E-state index in [2.05, 4.69) is 15.3 Å². The maximum absolute atomic E-state index is 13.1. The van der Waals surface area contributed by atoms with Gasteiger partial charge in [-0.2, -0.15) is 4.39 Å². The molecule has 6 heteroatoms. The molecule has 0 aromatic carbocycles. The van der Waals surface area contributed by atoms with Gasteiger partial charge >= 0.3 is 0 Å². The number of nitrogens with zero attached hydrogens (tertiary/aromatic N) is 3. The molecule has 0 bridgehead atoms. The van der Waals surface area contributed by atoms with Crippen molar-refractivity contribution in [2.75, 3.05) is 0 Å². The molecule has 0 aliphatic heterocycles. The minimum absolute atomic E-state index is 0.122. The minimum Gasteiger partial charge on any atom is -0.348 e. The zero-order chi connectivity index (χ0) is 18.8. The van der Waals surface area contributed by atoms with Crippen LogP contribution in [0.3, 0.4) is 0 Å². The van der Waals surface area contributed by atoms with Crippen molar-refractivity contribution >= 4 is 16.9 Å². The number of fused-ring (bicyclic) bond motifs is 1. The van der Waals surface area contributed by atoms with Gasteiger partial charge in [0.2, 0.25) is 5.95 Å². The van der Waals surface area contributed by atoms with E-state index in [0.29, 0.717) is 12.1 Å². The van der Waals surface area contributed by atoms with Crippen LogP contribution >= 0.6 is 0 Å². The smallest absolute Gasteiger partial charge is 0.270 e. The largest absolute Gasteiger partial charge is 0.348 e. The fraction of sp³-hybridized carbons (Fsp3) is 0.381. The number of carbonyl (C=O) groups excluding carboxylic acids is 1. The van der Waals surface area contributed by atoms with Crippen molar-refractivity contribution in [2.45, 2.75) is 44.6 Å². The molecule has 1 saturated carbocycles. The van der Waals surface area contributed by atoms with E-state index in [1.165, 1.54) is 18.7 Å². The number of aryl methyl sites for hydroxylation is 1. The summed E-state index contributed by atoms with van der Waals surface area (Å²) < 4.78 is 15.0. The average molecular weight is 366 g/mol. The SMILES string of the molecule is Cn1ccc2c(Cc3ccc(F)nc3)cc(C(=O)NC3CCCCC3)nc21. The Kier molecular flexibility index (Phi) is 4.88. The lowest BCUT2D eigenvalue weighted by atomic mass is 9.95. The number of hydrogen-bond acceptors (Lipinski definition) is 3. The number of rotatable bonds is 4. The highest BCUT2D eigenvalue weighted by Crippen LogP contribution is 2.23. The second-order valence-corrected chi connectivity index (χ2v) is 7.30. The molecule has 0 atom stereocenters.